The molecular formula is C11H7N3O2. The van der Waals surface area contributed by atoms with E-state index in [1.54, 1.807) is 12.1 Å². The first-order valence-electron chi connectivity index (χ1n) is 4.48. The van der Waals surface area contributed by atoms with Crippen LogP contribution in [0.15, 0.2) is 36.5 Å². The molecule has 0 amide bonds. The first-order chi connectivity index (χ1) is 7.79. The normalized spacial score (nSPS) is 9.44. The summed E-state index contributed by atoms with van der Waals surface area (Å²) in [5, 5.41) is 25.2. The van der Waals surface area contributed by atoms with E-state index in [0.717, 1.165) is 0 Å². The Kier molecular flexibility index (Phi) is 2.65. The molecule has 78 valence electrons. The minimum atomic E-state index is 0.145. The second-order valence-electron chi connectivity index (χ2n) is 2.96. The monoisotopic (exact) mass is 213 g/mol. The highest BCUT2D eigenvalue weighted by atomic mass is 16.5. The number of hydrogen-bond acceptors (Lipinski definition) is 5. The fraction of sp³-hybridized carbons (Fsp3) is 0. The van der Waals surface area contributed by atoms with Gasteiger partial charge in [0.05, 0.1) is 6.20 Å². The number of rotatable bonds is 2. The van der Waals surface area contributed by atoms with E-state index in [9.17, 15) is 0 Å². The van der Waals surface area contributed by atoms with Gasteiger partial charge in [-0.25, -0.2) is 0 Å². The molecule has 0 aliphatic heterocycles. The van der Waals surface area contributed by atoms with Crippen LogP contribution >= 0.6 is 0 Å². The summed E-state index contributed by atoms with van der Waals surface area (Å²) in [6.45, 7) is 0. The second-order valence-corrected chi connectivity index (χ2v) is 2.96. The molecule has 5 nitrogen and oxygen atoms in total. The number of hydrogen-bond donors (Lipinski definition) is 1. The molecule has 1 aromatic carbocycles. The molecule has 0 unspecified atom stereocenters. The van der Waals surface area contributed by atoms with Gasteiger partial charge in [-0.3, -0.25) is 0 Å². The first kappa shape index (κ1) is 9.93. The predicted octanol–water partition coefficient (Wildman–Crippen LogP) is 1.85. The number of nitrogens with zero attached hydrogens (tertiary/aromatic N) is 3. The second kappa shape index (κ2) is 4.28. The lowest BCUT2D eigenvalue weighted by atomic mass is 10.3. The molecule has 0 bridgehead atoms. The van der Waals surface area contributed by atoms with E-state index in [0.29, 0.717) is 11.3 Å². The van der Waals surface area contributed by atoms with E-state index in [-0.39, 0.29) is 11.6 Å². The maximum atomic E-state index is 9.09. The fourth-order valence-electron chi connectivity index (χ4n) is 1.11. The van der Waals surface area contributed by atoms with Crippen molar-refractivity contribution in [2.75, 3.05) is 0 Å². The Labute approximate surface area is 91.6 Å². The molecule has 0 atom stereocenters. The standard InChI is InChI=1S/C11H7N3O2/c12-7-8-5-6-13-14-11(8)16-10-3-1-9(15)2-4-10/h1-6,15H. The molecule has 16 heavy (non-hydrogen) atoms. The molecule has 1 N–H and O–H groups in total. The molecule has 0 aliphatic carbocycles. The maximum Gasteiger partial charge on any atom is 0.256 e. The van der Waals surface area contributed by atoms with Crippen LogP contribution in [0.1, 0.15) is 5.56 Å². The molecular weight excluding hydrogens is 206 g/mol. The van der Waals surface area contributed by atoms with Crippen LogP contribution in [-0.2, 0) is 0 Å². The number of phenolic OH excluding ortho intramolecular Hbond substituents is 1. The summed E-state index contributed by atoms with van der Waals surface area (Å²) in [7, 11) is 0. The van der Waals surface area contributed by atoms with Crippen molar-refractivity contribution < 1.29 is 9.84 Å². The highest BCUT2D eigenvalue weighted by Gasteiger charge is 2.05. The van der Waals surface area contributed by atoms with E-state index in [1.807, 2.05) is 6.07 Å². The molecule has 2 aromatic rings. The molecule has 0 saturated heterocycles. The largest absolute Gasteiger partial charge is 0.508 e. The molecule has 0 spiro atoms. The SMILES string of the molecule is N#Cc1ccnnc1Oc1ccc(O)cc1. The van der Waals surface area contributed by atoms with Gasteiger partial charge in [-0.1, -0.05) is 0 Å². The lowest BCUT2D eigenvalue weighted by molar-refractivity contribution is 0.447. The smallest absolute Gasteiger partial charge is 0.256 e. The van der Waals surface area contributed by atoms with E-state index < -0.39 is 0 Å². The van der Waals surface area contributed by atoms with Crippen LogP contribution in [0.2, 0.25) is 0 Å². The predicted molar refractivity (Wildman–Crippen MR) is 54.9 cm³/mol. The van der Waals surface area contributed by atoms with E-state index in [1.165, 1.54) is 24.4 Å². The van der Waals surface area contributed by atoms with Gasteiger partial charge in [-0.15, -0.1) is 5.10 Å². The Morgan fingerprint density at radius 2 is 1.94 bits per heavy atom. The van der Waals surface area contributed by atoms with Gasteiger partial charge < -0.3 is 9.84 Å². The van der Waals surface area contributed by atoms with Crippen molar-refractivity contribution in [3.63, 3.8) is 0 Å². The third-order valence-electron chi connectivity index (χ3n) is 1.86. The van der Waals surface area contributed by atoms with E-state index in [2.05, 4.69) is 10.2 Å². The molecule has 0 fully saturated rings. The summed E-state index contributed by atoms with van der Waals surface area (Å²) in [5.41, 5.74) is 0.308. The Morgan fingerprint density at radius 1 is 1.19 bits per heavy atom. The van der Waals surface area contributed by atoms with Crippen LogP contribution in [0, 0.1) is 11.3 Å². The van der Waals surface area contributed by atoms with Crippen LogP contribution in [-0.4, -0.2) is 15.3 Å². The third kappa shape index (κ3) is 2.07. The van der Waals surface area contributed by atoms with Crippen molar-refractivity contribution in [1.82, 2.24) is 10.2 Å². The molecule has 2 rings (SSSR count). The Morgan fingerprint density at radius 3 is 2.62 bits per heavy atom. The zero-order chi connectivity index (χ0) is 11.4. The fourth-order valence-corrected chi connectivity index (χ4v) is 1.11. The number of nitriles is 1. The quantitative estimate of drug-likeness (QED) is 0.823. The number of benzene rings is 1. The number of ether oxygens (including phenoxy) is 1. The summed E-state index contributed by atoms with van der Waals surface area (Å²) >= 11 is 0. The summed E-state index contributed by atoms with van der Waals surface area (Å²) in [5.74, 6) is 0.775. The van der Waals surface area contributed by atoms with Crippen LogP contribution < -0.4 is 4.74 Å². The van der Waals surface area contributed by atoms with Crippen molar-refractivity contribution in [2.45, 2.75) is 0 Å². The summed E-state index contributed by atoms with van der Waals surface area (Å²) in [6, 6.07) is 9.58. The Bertz CT molecular complexity index is 532. The summed E-state index contributed by atoms with van der Waals surface area (Å²) < 4.78 is 5.35. The summed E-state index contributed by atoms with van der Waals surface area (Å²) in [6.07, 6.45) is 1.42. The third-order valence-corrected chi connectivity index (χ3v) is 1.86. The summed E-state index contributed by atoms with van der Waals surface area (Å²) in [4.78, 5) is 0. The molecule has 0 aliphatic rings. The van der Waals surface area contributed by atoms with E-state index in [4.69, 9.17) is 15.1 Å². The van der Waals surface area contributed by atoms with Crippen molar-refractivity contribution in [3.05, 3.63) is 42.1 Å². The zero-order valence-electron chi connectivity index (χ0n) is 8.16. The minimum absolute atomic E-state index is 0.145. The molecule has 1 heterocycles. The van der Waals surface area contributed by atoms with Gasteiger partial charge in [0.2, 0.25) is 0 Å². The molecule has 5 heteroatoms. The average Bonchev–Trinajstić information content (AvgIpc) is 2.33. The highest BCUT2D eigenvalue weighted by Crippen LogP contribution is 2.23. The van der Waals surface area contributed by atoms with E-state index >= 15 is 0 Å². The van der Waals surface area contributed by atoms with Gasteiger partial charge in [-0.2, -0.15) is 10.4 Å². The van der Waals surface area contributed by atoms with Gasteiger partial charge in [0.1, 0.15) is 23.1 Å². The molecule has 0 radical (unpaired) electrons. The maximum absolute atomic E-state index is 9.09. The van der Waals surface area contributed by atoms with Crippen LogP contribution in [0.4, 0.5) is 0 Å². The first-order valence-corrected chi connectivity index (χ1v) is 4.48. The number of phenols is 1. The lowest BCUT2D eigenvalue weighted by Gasteiger charge is -2.04. The molecule has 0 saturated carbocycles. The Balaban J connectivity index is 2.27. The van der Waals surface area contributed by atoms with Crippen LogP contribution in [0.3, 0.4) is 0 Å². The van der Waals surface area contributed by atoms with Crippen molar-refractivity contribution in [2.24, 2.45) is 0 Å². The minimum Gasteiger partial charge on any atom is -0.508 e. The van der Waals surface area contributed by atoms with Crippen molar-refractivity contribution >= 4 is 0 Å². The van der Waals surface area contributed by atoms with Gasteiger partial charge in [0, 0.05) is 0 Å². The zero-order valence-corrected chi connectivity index (χ0v) is 8.16. The number of aromatic nitrogens is 2. The van der Waals surface area contributed by atoms with Crippen molar-refractivity contribution in [1.29, 1.82) is 5.26 Å². The van der Waals surface area contributed by atoms with Gasteiger partial charge in [0.25, 0.3) is 5.88 Å². The van der Waals surface area contributed by atoms with Crippen LogP contribution in [0.5, 0.6) is 17.4 Å². The van der Waals surface area contributed by atoms with Crippen LogP contribution in [0.25, 0.3) is 0 Å². The highest BCUT2D eigenvalue weighted by molar-refractivity contribution is 5.39. The molecule has 1 aromatic heterocycles. The van der Waals surface area contributed by atoms with Gasteiger partial charge in [0.15, 0.2) is 0 Å². The average molecular weight is 213 g/mol. The topological polar surface area (TPSA) is 79.0 Å². The Hall–Kier alpha value is -2.61. The lowest BCUT2D eigenvalue weighted by Crippen LogP contribution is -1.93. The van der Waals surface area contributed by atoms with Gasteiger partial charge >= 0.3 is 0 Å². The number of aromatic hydroxyl groups is 1. The van der Waals surface area contributed by atoms with Crippen molar-refractivity contribution in [3.8, 4) is 23.4 Å². The van der Waals surface area contributed by atoms with Gasteiger partial charge in [-0.05, 0) is 30.3 Å².